The van der Waals surface area contributed by atoms with Crippen molar-refractivity contribution < 1.29 is 4.39 Å². The van der Waals surface area contributed by atoms with E-state index in [0.29, 0.717) is 17.8 Å². The van der Waals surface area contributed by atoms with E-state index in [-0.39, 0.29) is 5.02 Å². The first-order valence-electron chi connectivity index (χ1n) is 5.37. The molecule has 0 saturated carbocycles. The van der Waals surface area contributed by atoms with Crippen LogP contribution < -0.4 is 5.32 Å². The largest absolute Gasteiger partial charge is 0.381 e. The molecule has 0 spiro atoms. The van der Waals surface area contributed by atoms with E-state index in [1.54, 1.807) is 18.2 Å². The van der Waals surface area contributed by atoms with Crippen molar-refractivity contribution >= 4 is 17.3 Å². The Kier molecular flexibility index (Phi) is 3.81. The van der Waals surface area contributed by atoms with Gasteiger partial charge in [-0.3, -0.25) is 0 Å². The van der Waals surface area contributed by atoms with Crippen LogP contribution >= 0.6 is 11.6 Å². The predicted octanol–water partition coefficient (Wildman–Crippen LogP) is 3.96. The van der Waals surface area contributed by atoms with Gasteiger partial charge in [0.2, 0.25) is 0 Å². The van der Waals surface area contributed by atoms with Crippen molar-refractivity contribution in [2.24, 2.45) is 0 Å². The average molecular weight is 261 g/mol. The van der Waals surface area contributed by atoms with Gasteiger partial charge in [-0.25, -0.2) is 4.39 Å². The molecule has 0 bridgehead atoms. The van der Waals surface area contributed by atoms with Crippen LogP contribution in [0.15, 0.2) is 42.5 Å². The smallest absolute Gasteiger partial charge is 0.143 e. The zero-order chi connectivity index (χ0) is 13.0. The third-order valence-corrected chi connectivity index (χ3v) is 2.78. The maximum atomic E-state index is 13.2. The van der Waals surface area contributed by atoms with E-state index in [0.717, 1.165) is 5.56 Å². The molecule has 0 atom stereocenters. The molecule has 2 aromatic carbocycles. The number of nitriles is 1. The summed E-state index contributed by atoms with van der Waals surface area (Å²) in [5.41, 5.74) is 2.22. The summed E-state index contributed by atoms with van der Waals surface area (Å²) in [6, 6.07) is 13.9. The van der Waals surface area contributed by atoms with Crippen molar-refractivity contribution in [3.05, 3.63) is 64.4 Å². The first-order chi connectivity index (χ1) is 8.69. The van der Waals surface area contributed by atoms with E-state index >= 15 is 0 Å². The number of benzene rings is 2. The van der Waals surface area contributed by atoms with Gasteiger partial charge in [0, 0.05) is 12.2 Å². The molecule has 2 nitrogen and oxygen atoms in total. The van der Waals surface area contributed by atoms with Crippen LogP contribution in [0.5, 0.6) is 0 Å². The molecule has 18 heavy (non-hydrogen) atoms. The maximum Gasteiger partial charge on any atom is 0.143 e. The first-order valence-corrected chi connectivity index (χ1v) is 5.75. The zero-order valence-electron chi connectivity index (χ0n) is 9.45. The Labute approximate surface area is 110 Å². The summed E-state index contributed by atoms with van der Waals surface area (Å²) in [7, 11) is 0. The van der Waals surface area contributed by atoms with Crippen LogP contribution in [-0.2, 0) is 6.54 Å². The van der Waals surface area contributed by atoms with Crippen LogP contribution in [0.1, 0.15) is 11.1 Å². The third kappa shape index (κ3) is 2.99. The van der Waals surface area contributed by atoms with Crippen LogP contribution in [0, 0.1) is 17.1 Å². The SMILES string of the molecule is N#Cc1cccc(CNc2ccc(Cl)c(F)c2)c1. The number of halogens is 2. The van der Waals surface area contributed by atoms with Crippen LogP contribution in [0.3, 0.4) is 0 Å². The molecule has 90 valence electrons. The minimum Gasteiger partial charge on any atom is -0.381 e. The molecular formula is C14H10ClFN2. The van der Waals surface area contributed by atoms with Gasteiger partial charge in [-0.1, -0.05) is 23.7 Å². The summed E-state index contributed by atoms with van der Waals surface area (Å²) in [6.45, 7) is 0.524. The van der Waals surface area contributed by atoms with E-state index in [1.165, 1.54) is 12.1 Å². The number of nitrogens with one attached hydrogen (secondary N) is 1. The lowest BCUT2D eigenvalue weighted by Crippen LogP contribution is -2.00. The fourth-order valence-corrected chi connectivity index (χ4v) is 1.68. The molecule has 0 aliphatic rings. The highest BCUT2D eigenvalue weighted by molar-refractivity contribution is 6.30. The van der Waals surface area contributed by atoms with Crippen molar-refractivity contribution in [3.8, 4) is 6.07 Å². The van der Waals surface area contributed by atoms with Crippen LogP contribution in [0.2, 0.25) is 5.02 Å². The molecule has 0 unspecified atom stereocenters. The van der Waals surface area contributed by atoms with Gasteiger partial charge in [-0.2, -0.15) is 5.26 Å². The van der Waals surface area contributed by atoms with Gasteiger partial charge in [-0.05, 0) is 35.9 Å². The average Bonchev–Trinajstić information content (AvgIpc) is 2.40. The Morgan fingerprint density at radius 2 is 2.06 bits per heavy atom. The summed E-state index contributed by atoms with van der Waals surface area (Å²) in [6.07, 6.45) is 0. The Balaban J connectivity index is 2.07. The Morgan fingerprint density at radius 1 is 1.22 bits per heavy atom. The molecule has 0 amide bonds. The number of anilines is 1. The molecule has 0 aromatic heterocycles. The van der Waals surface area contributed by atoms with E-state index in [9.17, 15) is 4.39 Å². The van der Waals surface area contributed by atoms with Gasteiger partial charge in [0.05, 0.1) is 16.7 Å². The Hall–Kier alpha value is -2.05. The molecule has 2 aromatic rings. The monoisotopic (exact) mass is 260 g/mol. The quantitative estimate of drug-likeness (QED) is 0.907. The fraction of sp³-hybridized carbons (Fsp3) is 0.0714. The second kappa shape index (κ2) is 5.52. The van der Waals surface area contributed by atoms with Gasteiger partial charge in [0.25, 0.3) is 0 Å². The van der Waals surface area contributed by atoms with Gasteiger partial charge >= 0.3 is 0 Å². The van der Waals surface area contributed by atoms with E-state index in [2.05, 4.69) is 11.4 Å². The standard InChI is InChI=1S/C14H10ClFN2/c15-13-5-4-12(7-14(13)16)18-9-11-3-1-2-10(6-11)8-17/h1-7,18H,9H2. The highest BCUT2D eigenvalue weighted by Crippen LogP contribution is 2.19. The van der Waals surface area contributed by atoms with Crippen LogP contribution in [0.4, 0.5) is 10.1 Å². The third-order valence-electron chi connectivity index (χ3n) is 2.47. The molecule has 0 aliphatic carbocycles. The topological polar surface area (TPSA) is 35.8 Å². The van der Waals surface area contributed by atoms with Gasteiger partial charge in [0.1, 0.15) is 5.82 Å². The molecule has 0 heterocycles. The second-order valence-corrected chi connectivity index (χ2v) is 4.20. The van der Waals surface area contributed by atoms with Crippen molar-refractivity contribution in [2.45, 2.75) is 6.54 Å². The molecule has 0 radical (unpaired) electrons. The summed E-state index contributed by atoms with van der Waals surface area (Å²) >= 11 is 5.60. The van der Waals surface area contributed by atoms with Crippen molar-refractivity contribution in [2.75, 3.05) is 5.32 Å². The minimum absolute atomic E-state index is 0.104. The Bertz CT molecular complexity index is 605. The van der Waals surface area contributed by atoms with Crippen molar-refractivity contribution in [3.63, 3.8) is 0 Å². The fourth-order valence-electron chi connectivity index (χ4n) is 1.56. The second-order valence-electron chi connectivity index (χ2n) is 3.79. The van der Waals surface area contributed by atoms with E-state index in [1.807, 2.05) is 12.1 Å². The van der Waals surface area contributed by atoms with Crippen LogP contribution in [0.25, 0.3) is 0 Å². The molecular weight excluding hydrogens is 251 g/mol. The lowest BCUT2D eigenvalue weighted by atomic mass is 10.1. The number of hydrogen-bond donors (Lipinski definition) is 1. The molecule has 0 saturated heterocycles. The van der Waals surface area contributed by atoms with Crippen molar-refractivity contribution in [1.29, 1.82) is 5.26 Å². The molecule has 2 rings (SSSR count). The van der Waals surface area contributed by atoms with Crippen LogP contribution in [-0.4, -0.2) is 0 Å². The number of rotatable bonds is 3. The predicted molar refractivity (Wildman–Crippen MR) is 69.9 cm³/mol. The first kappa shape index (κ1) is 12.4. The molecule has 0 aliphatic heterocycles. The molecule has 0 fully saturated rings. The Morgan fingerprint density at radius 3 is 2.78 bits per heavy atom. The highest BCUT2D eigenvalue weighted by Gasteiger charge is 2.01. The highest BCUT2D eigenvalue weighted by atomic mass is 35.5. The summed E-state index contributed by atoms with van der Waals surface area (Å²) in [4.78, 5) is 0. The van der Waals surface area contributed by atoms with E-state index < -0.39 is 5.82 Å². The number of nitrogens with zero attached hydrogens (tertiary/aromatic N) is 1. The summed E-state index contributed by atoms with van der Waals surface area (Å²) < 4.78 is 13.2. The lowest BCUT2D eigenvalue weighted by molar-refractivity contribution is 0.628. The van der Waals surface area contributed by atoms with Gasteiger partial charge in [0.15, 0.2) is 0 Å². The van der Waals surface area contributed by atoms with Crippen molar-refractivity contribution in [1.82, 2.24) is 0 Å². The maximum absolute atomic E-state index is 13.2. The van der Waals surface area contributed by atoms with Gasteiger partial charge in [-0.15, -0.1) is 0 Å². The number of hydrogen-bond acceptors (Lipinski definition) is 2. The molecule has 4 heteroatoms. The summed E-state index contributed by atoms with van der Waals surface area (Å²) in [5, 5.41) is 12.0. The lowest BCUT2D eigenvalue weighted by Gasteiger charge is -2.07. The normalized spacial score (nSPS) is 9.83. The zero-order valence-corrected chi connectivity index (χ0v) is 10.2. The van der Waals surface area contributed by atoms with Gasteiger partial charge < -0.3 is 5.32 Å². The molecule has 1 N–H and O–H groups in total. The summed E-state index contributed by atoms with van der Waals surface area (Å²) in [5.74, 6) is -0.451. The van der Waals surface area contributed by atoms with E-state index in [4.69, 9.17) is 16.9 Å². The minimum atomic E-state index is -0.451.